The second-order valence-corrected chi connectivity index (χ2v) is 4.25. The van der Waals surface area contributed by atoms with Gasteiger partial charge in [-0.15, -0.1) is 5.10 Å². The standard InChI is InChI=1S/C12H13N5O2/c1-17-9(6-14-16-17)5-13-8-2-3-11-10(4-8)15-12(18)7-19-11/h2-4,6,13H,5,7H2,1H3,(H,15,18). The SMILES string of the molecule is Cn1nncc1CNc1ccc2c(c1)NC(=O)CO2. The zero-order valence-electron chi connectivity index (χ0n) is 10.4. The summed E-state index contributed by atoms with van der Waals surface area (Å²) in [4.78, 5) is 11.2. The van der Waals surface area contributed by atoms with E-state index >= 15 is 0 Å². The largest absolute Gasteiger partial charge is 0.482 e. The highest BCUT2D eigenvalue weighted by Gasteiger charge is 2.15. The van der Waals surface area contributed by atoms with Gasteiger partial charge in [0, 0.05) is 12.7 Å². The molecule has 0 unspecified atom stereocenters. The Morgan fingerprint density at radius 3 is 3.21 bits per heavy atom. The van der Waals surface area contributed by atoms with E-state index in [1.807, 2.05) is 25.2 Å². The number of anilines is 2. The van der Waals surface area contributed by atoms with Crippen LogP contribution in [0.1, 0.15) is 5.69 Å². The zero-order chi connectivity index (χ0) is 13.2. The van der Waals surface area contributed by atoms with Gasteiger partial charge in [-0.2, -0.15) is 0 Å². The maximum atomic E-state index is 11.2. The molecule has 1 aromatic heterocycles. The normalized spacial score (nSPS) is 13.4. The third kappa shape index (κ3) is 2.35. The highest BCUT2D eigenvalue weighted by atomic mass is 16.5. The van der Waals surface area contributed by atoms with Gasteiger partial charge in [0.05, 0.1) is 24.1 Å². The number of rotatable bonds is 3. The number of nitrogens with zero attached hydrogens (tertiary/aromatic N) is 3. The van der Waals surface area contributed by atoms with Crippen LogP contribution in [-0.2, 0) is 18.4 Å². The topological polar surface area (TPSA) is 81.1 Å². The number of carbonyl (C=O) groups is 1. The quantitative estimate of drug-likeness (QED) is 0.850. The van der Waals surface area contributed by atoms with Crippen LogP contribution < -0.4 is 15.4 Å². The molecule has 3 rings (SSSR count). The second kappa shape index (κ2) is 4.60. The van der Waals surface area contributed by atoms with Crippen molar-refractivity contribution in [3.05, 3.63) is 30.1 Å². The Morgan fingerprint density at radius 2 is 2.42 bits per heavy atom. The van der Waals surface area contributed by atoms with Gasteiger partial charge in [-0.05, 0) is 18.2 Å². The van der Waals surface area contributed by atoms with Crippen molar-refractivity contribution >= 4 is 17.3 Å². The Balaban J connectivity index is 1.74. The van der Waals surface area contributed by atoms with E-state index in [4.69, 9.17) is 4.74 Å². The maximum Gasteiger partial charge on any atom is 0.262 e. The molecule has 19 heavy (non-hydrogen) atoms. The van der Waals surface area contributed by atoms with Crippen LogP contribution in [0, 0.1) is 0 Å². The Morgan fingerprint density at radius 1 is 1.53 bits per heavy atom. The lowest BCUT2D eigenvalue weighted by atomic mass is 10.2. The molecule has 0 radical (unpaired) electrons. The lowest BCUT2D eigenvalue weighted by Gasteiger charge is -2.18. The Bertz CT molecular complexity index is 622. The molecular weight excluding hydrogens is 246 g/mol. The summed E-state index contributed by atoms with van der Waals surface area (Å²) in [7, 11) is 1.84. The average Bonchev–Trinajstić information content (AvgIpc) is 2.81. The number of nitrogens with one attached hydrogen (secondary N) is 2. The van der Waals surface area contributed by atoms with Gasteiger partial charge in [-0.25, -0.2) is 0 Å². The molecule has 0 spiro atoms. The van der Waals surface area contributed by atoms with E-state index in [1.54, 1.807) is 10.9 Å². The minimum absolute atomic E-state index is 0.0699. The van der Waals surface area contributed by atoms with Crippen molar-refractivity contribution in [2.45, 2.75) is 6.54 Å². The summed E-state index contributed by atoms with van der Waals surface area (Å²) in [6.07, 6.45) is 1.70. The molecule has 98 valence electrons. The molecule has 1 aromatic carbocycles. The summed E-state index contributed by atoms with van der Waals surface area (Å²) in [5, 5.41) is 13.7. The molecule has 1 aliphatic rings. The van der Waals surface area contributed by atoms with Crippen LogP contribution in [-0.4, -0.2) is 27.5 Å². The van der Waals surface area contributed by atoms with Crippen LogP contribution in [0.25, 0.3) is 0 Å². The van der Waals surface area contributed by atoms with Crippen LogP contribution in [0.15, 0.2) is 24.4 Å². The predicted octanol–water partition coefficient (Wildman–Crippen LogP) is 0.758. The van der Waals surface area contributed by atoms with Crippen LogP contribution in [0.4, 0.5) is 11.4 Å². The maximum absolute atomic E-state index is 11.2. The fourth-order valence-corrected chi connectivity index (χ4v) is 1.86. The number of benzene rings is 1. The van der Waals surface area contributed by atoms with Crippen molar-refractivity contribution in [1.82, 2.24) is 15.0 Å². The van der Waals surface area contributed by atoms with Gasteiger partial charge in [0.15, 0.2) is 6.61 Å². The molecule has 2 heterocycles. The van der Waals surface area contributed by atoms with E-state index in [1.165, 1.54) is 0 Å². The molecule has 0 atom stereocenters. The van der Waals surface area contributed by atoms with Crippen LogP contribution in [0.3, 0.4) is 0 Å². The zero-order valence-corrected chi connectivity index (χ0v) is 10.4. The molecule has 0 fully saturated rings. The van der Waals surface area contributed by atoms with Crippen LogP contribution >= 0.6 is 0 Å². The minimum Gasteiger partial charge on any atom is -0.482 e. The van der Waals surface area contributed by atoms with Crippen LogP contribution in [0.2, 0.25) is 0 Å². The molecule has 7 heteroatoms. The first-order valence-corrected chi connectivity index (χ1v) is 5.86. The van der Waals surface area contributed by atoms with E-state index in [0.717, 1.165) is 11.4 Å². The molecule has 7 nitrogen and oxygen atoms in total. The van der Waals surface area contributed by atoms with Crippen molar-refractivity contribution in [3.8, 4) is 5.75 Å². The summed E-state index contributed by atoms with van der Waals surface area (Å²) in [5.74, 6) is 0.549. The first-order chi connectivity index (χ1) is 9.22. The monoisotopic (exact) mass is 259 g/mol. The molecule has 1 aliphatic heterocycles. The first kappa shape index (κ1) is 11.5. The fourth-order valence-electron chi connectivity index (χ4n) is 1.86. The summed E-state index contributed by atoms with van der Waals surface area (Å²) in [6.45, 7) is 0.678. The lowest BCUT2D eigenvalue weighted by molar-refractivity contribution is -0.118. The van der Waals surface area contributed by atoms with E-state index < -0.39 is 0 Å². The van der Waals surface area contributed by atoms with Gasteiger partial charge >= 0.3 is 0 Å². The average molecular weight is 259 g/mol. The Labute approximate surface area is 109 Å². The molecule has 0 bridgehead atoms. The number of aryl methyl sites for hydroxylation is 1. The number of hydrogen-bond donors (Lipinski definition) is 2. The van der Waals surface area contributed by atoms with Crippen molar-refractivity contribution in [2.75, 3.05) is 17.2 Å². The van der Waals surface area contributed by atoms with Gasteiger partial charge in [-0.3, -0.25) is 9.48 Å². The minimum atomic E-state index is -0.138. The Hall–Kier alpha value is -2.57. The molecule has 0 saturated carbocycles. The van der Waals surface area contributed by atoms with Crippen molar-refractivity contribution in [3.63, 3.8) is 0 Å². The molecule has 2 aromatic rings. The summed E-state index contributed by atoms with van der Waals surface area (Å²) >= 11 is 0. The van der Waals surface area contributed by atoms with Crippen molar-refractivity contribution in [1.29, 1.82) is 0 Å². The Kier molecular flexibility index (Phi) is 2.79. The first-order valence-electron chi connectivity index (χ1n) is 5.86. The van der Waals surface area contributed by atoms with Crippen molar-refractivity contribution < 1.29 is 9.53 Å². The summed E-state index contributed by atoms with van der Waals surface area (Å²) < 4.78 is 7.00. The van der Waals surface area contributed by atoms with E-state index in [0.29, 0.717) is 18.0 Å². The van der Waals surface area contributed by atoms with Gasteiger partial charge in [0.1, 0.15) is 5.75 Å². The second-order valence-electron chi connectivity index (χ2n) is 4.25. The molecule has 1 amide bonds. The predicted molar refractivity (Wildman–Crippen MR) is 68.9 cm³/mol. The summed E-state index contributed by atoms with van der Waals surface area (Å²) in [5.41, 5.74) is 2.55. The molecule has 2 N–H and O–H groups in total. The number of fused-ring (bicyclic) bond motifs is 1. The van der Waals surface area contributed by atoms with E-state index in [-0.39, 0.29) is 12.5 Å². The lowest BCUT2D eigenvalue weighted by Crippen LogP contribution is -2.25. The smallest absolute Gasteiger partial charge is 0.262 e. The number of hydrogen-bond acceptors (Lipinski definition) is 5. The van der Waals surface area contributed by atoms with Gasteiger partial charge < -0.3 is 15.4 Å². The number of ether oxygens (including phenoxy) is 1. The highest BCUT2D eigenvalue weighted by Crippen LogP contribution is 2.30. The molecular formula is C12H13N5O2. The number of carbonyl (C=O) groups excluding carboxylic acids is 1. The van der Waals surface area contributed by atoms with Gasteiger partial charge in [-0.1, -0.05) is 5.21 Å². The molecule has 0 aliphatic carbocycles. The van der Waals surface area contributed by atoms with Gasteiger partial charge in [0.25, 0.3) is 5.91 Å². The summed E-state index contributed by atoms with van der Waals surface area (Å²) in [6, 6.07) is 5.58. The third-order valence-corrected chi connectivity index (χ3v) is 2.89. The van der Waals surface area contributed by atoms with Gasteiger partial charge in [0.2, 0.25) is 0 Å². The fraction of sp³-hybridized carbons (Fsp3) is 0.250. The third-order valence-electron chi connectivity index (χ3n) is 2.89. The highest BCUT2D eigenvalue weighted by molar-refractivity contribution is 5.95. The molecule has 0 saturated heterocycles. The van der Waals surface area contributed by atoms with Crippen LogP contribution in [0.5, 0.6) is 5.75 Å². The van der Waals surface area contributed by atoms with E-state index in [9.17, 15) is 4.79 Å². The number of amides is 1. The van der Waals surface area contributed by atoms with E-state index in [2.05, 4.69) is 20.9 Å². The van der Waals surface area contributed by atoms with Crippen molar-refractivity contribution in [2.24, 2.45) is 7.05 Å². The number of aromatic nitrogens is 3.